The van der Waals surface area contributed by atoms with E-state index >= 15 is 0 Å². The van der Waals surface area contributed by atoms with Crippen LogP contribution in [0.3, 0.4) is 0 Å². The highest BCUT2D eigenvalue weighted by Crippen LogP contribution is 2.40. The largest absolute Gasteiger partial charge is 0.366 e. The molecule has 0 spiro atoms. The van der Waals surface area contributed by atoms with E-state index in [1.807, 2.05) is 12.1 Å². The summed E-state index contributed by atoms with van der Waals surface area (Å²) in [6.07, 6.45) is 2.44. The van der Waals surface area contributed by atoms with Crippen molar-refractivity contribution in [2.45, 2.75) is 39.7 Å². The lowest BCUT2D eigenvalue weighted by molar-refractivity contribution is -0.896. The van der Waals surface area contributed by atoms with Crippen LogP contribution in [0, 0.1) is 5.41 Å². The quantitative estimate of drug-likeness (QED) is 0.855. The topological polar surface area (TPSA) is 69.5 Å². The van der Waals surface area contributed by atoms with Crippen molar-refractivity contribution in [3.63, 3.8) is 0 Å². The minimum Gasteiger partial charge on any atom is -0.366 e. The zero-order valence-electron chi connectivity index (χ0n) is 15.7. The number of quaternary nitrogens is 1. The Balaban J connectivity index is 1.94. The molecular weight excluding hydrogens is 326 g/mol. The second kappa shape index (κ2) is 5.81. The van der Waals surface area contributed by atoms with Crippen LogP contribution in [0.15, 0.2) is 24.3 Å². The van der Waals surface area contributed by atoms with Gasteiger partial charge in [0.15, 0.2) is 5.78 Å². The summed E-state index contributed by atoms with van der Waals surface area (Å²) < 4.78 is 2.27. The van der Waals surface area contributed by atoms with Crippen molar-refractivity contribution in [3.05, 3.63) is 52.3 Å². The molecule has 5 nitrogen and oxygen atoms in total. The molecule has 1 aliphatic carbocycles. The minimum atomic E-state index is -0.423. The van der Waals surface area contributed by atoms with Crippen molar-refractivity contribution in [1.29, 1.82) is 0 Å². The smallest absolute Gasteiger partial charge is 0.248 e. The number of rotatable bonds is 2. The van der Waals surface area contributed by atoms with Gasteiger partial charge in [0.25, 0.3) is 0 Å². The van der Waals surface area contributed by atoms with Crippen molar-refractivity contribution >= 4 is 11.7 Å². The molecule has 1 aromatic carbocycles. The van der Waals surface area contributed by atoms with E-state index in [1.54, 1.807) is 12.1 Å². The number of Topliss-reactive ketones (excluding diaryl/α,β-unsaturated/α-hetero) is 1. The number of ketones is 1. The number of carbonyl (C=O) groups is 2. The molecule has 5 heteroatoms. The van der Waals surface area contributed by atoms with Gasteiger partial charge in [-0.1, -0.05) is 13.8 Å². The molecule has 2 aliphatic rings. The second-order valence-corrected chi connectivity index (χ2v) is 8.57. The summed E-state index contributed by atoms with van der Waals surface area (Å²) in [6.45, 7) is 6.30. The fourth-order valence-electron chi connectivity index (χ4n) is 4.52. The molecule has 3 N–H and O–H groups in total. The number of nitrogens with one attached hydrogen (secondary N) is 1. The summed E-state index contributed by atoms with van der Waals surface area (Å²) in [5.41, 5.74) is 11.4. The molecule has 2 aromatic rings. The molecule has 0 radical (unpaired) electrons. The number of likely N-dealkylation sites (N-methyl/N-ethyl adjacent to an activating group) is 1. The van der Waals surface area contributed by atoms with Crippen LogP contribution in [0.2, 0.25) is 0 Å². The van der Waals surface area contributed by atoms with Crippen LogP contribution < -0.4 is 10.6 Å². The number of hydrogen-bond donors (Lipinski definition) is 2. The Morgan fingerprint density at radius 2 is 1.85 bits per heavy atom. The standard InChI is InChI=1S/C21H25N3O2/c1-21(2)10-16-19(18(25)11-21)15-8-9-23(3)12-17(15)24(16)14-6-4-13(5-7-14)20(22)26/h4-7H,8-12H2,1-3H3,(H2,22,26)/p+1. The highest BCUT2D eigenvalue weighted by molar-refractivity contribution is 6.01. The molecule has 0 bridgehead atoms. The van der Waals surface area contributed by atoms with E-state index in [0.29, 0.717) is 12.0 Å². The van der Waals surface area contributed by atoms with Gasteiger partial charge < -0.3 is 15.2 Å². The zero-order chi connectivity index (χ0) is 18.6. The average Bonchev–Trinajstić information content (AvgIpc) is 2.86. The van der Waals surface area contributed by atoms with Crippen molar-refractivity contribution in [3.8, 4) is 5.69 Å². The Morgan fingerprint density at radius 3 is 2.50 bits per heavy atom. The first kappa shape index (κ1) is 17.0. The second-order valence-electron chi connectivity index (χ2n) is 8.57. The average molecular weight is 352 g/mol. The molecule has 1 amide bonds. The molecule has 2 heterocycles. The monoisotopic (exact) mass is 352 g/mol. The summed E-state index contributed by atoms with van der Waals surface area (Å²) in [4.78, 5) is 25.8. The highest BCUT2D eigenvalue weighted by Gasteiger charge is 2.39. The van der Waals surface area contributed by atoms with E-state index in [0.717, 1.165) is 42.9 Å². The van der Waals surface area contributed by atoms with E-state index in [9.17, 15) is 9.59 Å². The van der Waals surface area contributed by atoms with E-state index in [1.165, 1.54) is 16.2 Å². The van der Waals surface area contributed by atoms with Gasteiger partial charge in [-0.15, -0.1) is 0 Å². The Labute approximate surface area is 153 Å². The van der Waals surface area contributed by atoms with E-state index in [-0.39, 0.29) is 11.2 Å². The third-order valence-electron chi connectivity index (χ3n) is 5.72. The lowest BCUT2D eigenvalue weighted by Gasteiger charge is -2.30. The lowest BCUT2D eigenvalue weighted by Crippen LogP contribution is -3.08. The van der Waals surface area contributed by atoms with Gasteiger partial charge in [-0.25, -0.2) is 0 Å². The normalized spacial score (nSPS) is 21.2. The Hall–Kier alpha value is -2.40. The van der Waals surface area contributed by atoms with Crippen molar-refractivity contribution < 1.29 is 14.5 Å². The van der Waals surface area contributed by atoms with Crippen molar-refractivity contribution in [2.75, 3.05) is 13.6 Å². The maximum atomic E-state index is 13.0. The number of aromatic nitrogens is 1. The molecule has 0 fully saturated rings. The predicted molar refractivity (Wildman–Crippen MR) is 99.9 cm³/mol. The van der Waals surface area contributed by atoms with Gasteiger partial charge in [0, 0.05) is 35.3 Å². The summed E-state index contributed by atoms with van der Waals surface area (Å²) >= 11 is 0. The lowest BCUT2D eigenvalue weighted by atomic mass is 9.75. The van der Waals surface area contributed by atoms with Crippen LogP contribution in [0.25, 0.3) is 5.69 Å². The summed E-state index contributed by atoms with van der Waals surface area (Å²) in [5, 5.41) is 0. The third kappa shape index (κ3) is 2.67. The first-order chi connectivity index (χ1) is 12.3. The van der Waals surface area contributed by atoms with Gasteiger partial charge in [0.2, 0.25) is 5.91 Å². The number of hydrogen-bond acceptors (Lipinski definition) is 2. The molecule has 1 unspecified atom stereocenters. The maximum absolute atomic E-state index is 13.0. The van der Waals surface area contributed by atoms with Crippen LogP contribution in [-0.4, -0.2) is 29.8 Å². The Bertz CT molecular complexity index is 906. The molecular formula is C21H26N3O2+. The Morgan fingerprint density at radius 1 is 1.15 bits per heavy atom. The van der Waals surface area contributed by atoms with Crippen LogP contribution in [0.1, 0.15) is 57.9 Å². The van der Waals surface area contributed by atoms with Gasteiger partial charge >= 0.3 is 0 Å². The van der Waals surface area contributed by atoms with E-state index < -0.39 is 5.91 Å². The zero-order valence-corrected chi connectivity index (χ0v) is 15.7. The maximum Gasteiger partial charge on any atom is 0.248 e. The summed E-state index contributed by atoms with van der Waals surface area (Å²) in [5.74, 6) is -0.145. The summed E-state index contributed by atoms with van der Waals surface area (Å²) in [6, 6.07) is 7.42. The van der Waals surface area contributed by atoms with Gasteiger partial charge in [-0.05, 0) is 41.7 Å². The Kier molecular flexibility index (Phi) is 3.81. The van der Waals surface area contributed by atoms with Crippen molar-refractivity contribution in [1.82, 2.24) is 4.57 Å². The number of primary amides is 1. The predicted octanol–water partition coefficient (Wildman–Crippen LogP) is 1.30. The molecule has 1 aliphatic heterocycles. The van der Waals surface area contributed by atoms with E-state index in [2.05, 4.69) is 25.5 Å². The SMILES string of the molecule is C[NH+]1CCc2c3c(n(-c4ccc(C(N)=O)cc4)c2C1)CC(C)(C)CC3=O. The minimum absolute atomic E-state index is 0.0330. The fourth-order valence-corrected chi connectivity index (χ4v) is 4.52. The molecule has 0 saturated heterocycles. The van der Waals surface area contributed by atoms with Gasteiger partial charge in [-0.3, -0.25) is 9.59 Å². The van der Waals surface area contributed by atoms with Crippen LogP contribution in [0.5, 0.6) is 0 Å². The highest BCUT2D eigenvalue weighted by atomic mass is 16.1. The summed E-state index contributed by atoms with van der Waals surface area (Å²) in [7, 11) is 2.20. The number of fused-ring (bicyclic) bond motifs is 3. The third-order valence-corrected chi connectivity index (χ3v) is 5.72. The molecule has 0 saturated carbocycles. The van der Waals surface area contributed by atoms with Crippen LogP contribution >= 0.6 is 0 Å². The van der Waals surface area contributed by atoms with Gasteiger partial charge in [0.1, 0.15) is 6.54 Å². The van der Waals surface area contributed by atoms with Gasteiger partial charge in [-0.2, -0.15) is 0 Å². The van der Waals surface area contributed by atoms with Crippen LogP contribution in [-0.2, 0) is 19.4 Å². The molecule has 1 atom stereocenters. The fraction of sp³-hybridized carbons (Fsp3) is 0.429. The molecule has 4 rings (SSSR count). The molecule has 1 aromatic heterocycles. The number of nitrogens with two attached hydrogens (primary N) is 1. The first-order valence-electron chi connectivity index (χ1n) is 9.27. The van der Waals surface area contributed by atoms with Crippen molar-refractivity contribution in [2.24, 2.45) is 11.1 Å². The molecule has 136 valence electrons. The van der Waals surface area contributed by atoms with E-state index in [4.69, 9.17) is 5.73 Å². The number of nitrogens with zero attached hydrogens (tertiary/aromatic N) is 1. The van der Waals surface area contributed by atoms with Gasteiger partial charge in [0.05, 0.1) is 19.3 Å². The number of carbonyl (C=O) groups excluding carboxylic acids is 2. The first-order valence-corrected chi connectivity index (χ1v) is 9.27. The number of benzene rings is 1. The molecule has 26 heavy (non-hydrogen) atoms. The van der Waals surface area contributed by atoms with Crippen LogP contribution in [0.4, 0.5) is 0 Å². The number of amides is 1.